The van der Waals surface area contributed by atoms with E-state index in [2.05, 4.69) is 31.4 Å². The summed E-state index contributed by atoms with van der Waals surface area (Å²) in [6.07, 6.45) is 2.30. The fourth-order valence-corrected chi connectivity index (χ4v) is 3.51. The van der Waals surface area contributed by atoms with E-state index in [9.17, 15) is 9.59 Å². The monoisotopic (exact) mass is 285 g/mol. The van der Waals surface area contributed by atoms with Crippen molar-refractivity contribution in [1.82, 2.24) is 10.6 Å². The lowest BCUT2D eigenvalue weighted by Gasteiger charge is -2.46. The van der Waals surface area contributed by atoms with Crippen LogP contribution >= 0.6 is 0 Å². The van der Waals surface area contributed by atoms with Gasteiger partial charge in [-0.05, 0) is 37.0 Å². The lowest BCUT2D eigenvalue weighted by atomic mass is 9.62. The molecule has 0 saturated heterocycles. The van der Waals surface area contributed by atoms with Gasteiger partial charge < -0.3 is 21.1 Å². The zero-order valence-corrected chi connectivity index (χ0v) is 12.9. The Bertz CT molecular complexity index is 371. The van der Waals surface area contributed by atoms with Crippen molar-refractivity contribution in [1.29, 1.82) is 0 Å². The molecule has 6 nitrogen and oxygen atoms in total. The molecule has 1 fully saturated rings. The molecular weight excluding hydrogens is 258 g/mol. The Morgan fingerprint density at radius 1 is 1.30 bits per heavy atom. The first-order valence-corrected chi connectivity index (χ1v) is 7.12. The van der Waals surface area contributed by atoms with Gasteiger partial charge in [0, 0.05) is 12.6 Å². The maximum atomic E-state index is 11.6. The van der Waals surface area contributed by atoms with Crippen LogP contribution in [-0.2, 0) is 4.74 Å². The number of urea groups is 1. The molecule has 116 valence electrons. The van der Waals surface area contributed by atoms with Gasteiger partial charge in [-0.3, -0.25) is 0 Å². The third-order valence-electron chi connectivity index (χ3n) is 3.73. The second-order valence-electron chi connectivity index (χ2n) is 6.84. The van der Waals surface area contributed by atoms with E-state index < -0.39 is 6.03 Å². The van der Waals surface area contributed by atoms with E-state index in [-0.39, 0.29) is 23.0 Å². The topological polar surface area (TPSA) is 93.4 Å². The third kappa shape index (κ3) is 5.27. The van der Waals surface area contributed by atoms with Crippen LogP contribution in [-0.4, -0.2) is 31.3 Å². The van der Waals surface area contributed by atoms with Crippen molar-refractivity contribution in [2.45, 2.75) is 53.0 Å². The van der Waals surface area contributed by atoms with Gasteiger partial charge in [0.25, 0.3) is 0 Å². The summed E-state index contributed by atoms with van der Waals surface area (Å²) in [4.78, 5) is 22.5. The minimum absolute atomic E-state index is 0.0532. The number of alkyl carbamates (subject to hydrolysis) is 1. The molecule has 0 aromatic carbocycles. The van der Waals surface area contributed by atoms with E-state index in [1.54, 1.807) is 6.92 Å². The number of ether oxygens (including phenoxy) is 1. The molecule has 2 unspecified atom stereocenters. The zero-order chi connectivity index (χ0) is 15.4. The molecular formula is C14H27N3O3. The lowest BCUT2D eigenvalue weighted by Crippen LogP contribution is -2.51. The molecule has 0 aromatic heterocycles. The molecule has 2 atom stereocenters. The van der Waals surface area contributed by atoms with Gasteiger partial charge in [-0.25, -0.2) is 9.59 Å². The zero-order valence-electron chi connectivity index (χ0n) is 12.9. The van der Waals surface area contributed by atoms with Crippen LogP contribution in [0.1, 0.15) is 47.0 Å². The Kier molecular flexibility index (Phi) is 5.25. The molecule has 20 heavy (non-hydrogen) atoms. The second kappa shape index (κ2) is 6.33. The van der Waals surface area contributed by atoms with Gasteiger partial charge in [-0.1, -0.05) is 20.8 Å². The van der Waals surface area contributed by atoms with Crippen LogP contribution in [0, 0.1) is 10.8 Å². The van der Waals surface area contributed by atoms with Gasteiger partial charge in [0.2, 0.25) is 0 Å². The Balaban J connectivity index is 2.68. The standard InChI is InChI=1S/C14H27N3O3/c1-5-20-12(19)17-10-6-13(2,3)8-14(4,7-10)9-16-11(15)18/h10H,5-9H2,1-4H3,(H,17,19)(H3,15,16,18). The van der Waals surface area contributed by atoms with Gasteiger partial charge in [-0.15, -0.1) is 0 Å². The summed E-state index contributed by atoms with van der Waals surface area (Å²) in [6.45, 7) is 9.13. The summed E-state index contributed by atoms with van der Waals surface area (Å²) in [5, 5.41) is 5.60. The summed E-state index contributed by atoms with van der Waals surface area (Å²) >= 11 is 0. The minimum Gasteiger partial charge on any atom is -0.450 e. The number of hydrogen-bond acceptors (Lipinski definition) is 3. The number of nitrogens with one attached hydrogen (secondary N) is 2. The second-order valence-corrected chi connectivity index (χ2v) is 6.84. The average Bonchev–Trinajstić information content (AvgIpc) is 2.23. The molecule has 0 bridgehead atoms. The lowest BCUT2D eigenvalue weighted by molar-refractivity contribution is 0.0675. The van der Waals surface area contributed by atoms with E-state index in [1.165, 1.54) is 0 Å². The first-order valence-electron chi connectivity index (χ1n) is 7.12. The van der Waals surface area contributed by atoms with E-state index in [1.807, 2.05) is 0 Å². The van der Waals surface area contributed by atoms with Crippen LogP contribution < -0.4 is 16.4 Å². The Morgan fingerprint density at radius 2 is 1.95 bits per heavy atom. The molecule has 0 aromatic rings. The molecule has 1 aliphatic carbocycles. The summed E-state index contributed by atoms with van der Waals surface area (Å²) in [7, 11) is 0. The molecule has 6 heteroatoms. The number of rotatable bonds is 4. The summed E-state index contributed by atoms with van der Waals surface area (Å²) in [5.41, 5.74) is 5.16. The smallest absolute Gasteiger partial charge is 0.407 e. The van der Waals surface area contributed by atoms with Crippen LogP contribution in [0.5, 0.6) is 0 Å². The first-order chi connectivity index (χ1) is 9.16. The van der Waals surface area contributed by atoms with E-state index in [0.717, 1.165) is 19.3 Å². The summed E-state index contributed by atoms with van der Waals surface area (Å²) < 4.78 is 4.94. The normalized spacial score (nSPS) is 28.5. The largest absolute Gasteiger partial charge is 0.450 e. The molecule has 3 amide bonds. The Labute approximate surface area is 120 Å². The van der Waals surface area contributed by atoms with Crippen LogP contribution in [0.25, 0.3) is 0 Å². The van der Waals surface area contributed by atoms with Gasteiger partial charge >= 0.3 is 12.1 Å². The minimum atomic E-state index is -0.510. The Hall–Kier alpha value is -1.46. The highest BCUT2D eigenvalue weighted by Crippen LogP contribution is 2.45. The predicted molar refractivity (Wildman–Crippen MR) is 77.3 cm³/mol. The number of carbonyl (C=O) groups is 2. The number of amides is 3. The molecule has 0 spiro atoms. The van der Waals surface area contributed by atoms with Crippen molar-refractivity contribution < 1.29 is 14.3 Å². The summed E-state index contributed by atoms with van der Waals surface area (Å²) in [6, 6.07) is -0.456. The maximum Gasteiger partial charge on any atom is 0.407 e. The first kappa shape index (κ1) is 16.6. The number of carbonyl (C=O) groups excluding carboxylic acids is 2. The van der Waals surface area contributed by atoms with Crippen LogP contribution in [0.3, 0.4) is 0 Å². The van der Waals surface area contributed by atoms with Crippen LogP contribution in [0.4, 0.5) is 9.59 Å². The predicted octanol–water partition coefficient (Wildman–Crippen LogP) is 1.99. The fourth-order valence-electron chi connectivity index (χ4n) is 3.51. The van der Waals surface area contributed by atoms with Crippen LogP contribution in [0.2, 0.25) is 0 Å². The molecule has 0 radical (unpaired) electrons. The summed E-state index contributed by atoms with van der Waals surface area (Å²) in [5.74, 6) is 0. The molecule has 0 aliphatic heterocycles. The molecule has 1 rings (SSSR count). The SMILES string of the molecule is CCOC(=O)NC1CC(C)(C)CC(C)(CNC(N)=O)C1. The molecule has 0 heterocycles. The van der Waals surface area contributed by atoms with Gasteiger partial charge in [0.15, 0.2) is 0 Å². The van der Waals surface area contributed by atoms with E-state index in [0.29, 0.717) is 13.2 Å². The molecule has 4 N–H and O–H groups in total. The number of primary amides is 1. The van der Waals surface area contributed by atoms with Gasteiger partial charge in [0.05, 0.1) is 6.61 Å². The highest BCUT2D eigenvalue weighted by atomic mass is 16.5. The molecule has 1 aliphatic rings. The van der Waals surface area contributed by atoms with E-state index >= 15 is 0 Å². The van der Waals surface area contributed by atoms with Crippen molar-refractivity contribution in [3.8, 4) is 0 Å². The van der Waals surface area contributed by atoms with Gasteiger partial charge in [0.1, 0.15) is 0 Å². The van der Waals surface area contributed by atoms with Crippen molar-refractivity contribution in [3.63, 3.8) is 0 Å². The fraction of sp³-hybridized carbons (Fsp3) is 0.857. The van der Waals surface area contributed by atoms with Crippen LogP contribution in [0.15, 0.2) is 0 Å². The quantitative estimate of drug-likeness (QED) is 0.737. The Morgan fingerprint density at radius 3 is 2.50 bits per heavy atom. The number of nitrogens with two attached hydrogens (primary N) is 1. The maximum absolute atomic E-state index is 11.6. The van der Waals surface area contributed by atoms with Crippen molar-refractivity contribution >= 4 is 12.1 Å². The molecule has 1 saturated carbocycles. The van der Waals surface area contributed by atoms with Gasteiger partial charge in [-0.2, -0.15) is 0 Å². The van der Waals surface area contributed by atoms with Crippen molar-refractivity contribution in [2.75, 3.05) is 13.2 Å². The average molecular weight is 285 g/mol. The third-order valence-corrected chi connectivity index (χ3v) is 3.73. The highest BCUT2D eigenvalue weighted by molar-refractivity contribution is 5.71. The highest BCUT2D eigenvalue weighted by Gasteiger charge is 2.41. The van der Waals surface area contributed by atoms with E-state index in [4.69, 9.17) is 10.5 Å². The number of hydrogen-bond donors (Lipinski definition) is 3. The van der Waals surface area contributed by atoms with Crippen molar-refractivity contribution in [2.24, 2.45) is 16.6 Å². The van der Waals surface area contributed by atoms with Crippen molar-refractivity contribution in [3.05, 3.63) is 0 Å².